The first-order valence-electron chi connectivity index (χ1n) is 23.5. The first kappa shape index (κ1) is 41.4. The fraction of sp³-hybridized carbons (Fsp3) is 0.194. The molecule has 0 spiro atoms. The molecule has 0 aliphatic rings. The molecule has 4 nitrogen and oxygen atoms in total. The summed E-state index contributed by atoms with van der Waals surface area (Å²) in [5, 5.41) is 8.93. The second-order valence-corrected chi connectivity index (χ2v) is 19.3. The van der Waals surface area contributed by atoms with Crippen molar-refractivity contribution in [1.82, 2.24) is 0 Å². The molecular formula is C62H56N2O2. The summed E-state index contributed by atoms with van der Waals surface area (Å²) in [6, 6.07) is 53.9. The van der Waals surface area contributed by atoms with Crippen molar-refractivity contribution in [1.29, 1.82) is 0 Å². The molecule has 2 aromatic heterocycles. The molecule has 0 radical (unpaired) electrons. The van der Waals surface area contributed by atoms with E-state index in [1.165, 1.54) is 67.3 Å². The normalized spacial score (nSPS) is 12.1. The van der Waals surface area contributed by atoms with Gasteiger partial charge in [-0.1, -0.05) is 100 Å². The van der Waals surface area contributed by atoms with Gasteiger partial charge in [-0.3, -0.25) is 0 Å². The number of para-hydroxylation sites is 2. The van der Waals surface area contributed by atoms with Crippen LogP contribution in [0.15, 0.2) is 154 Å². The molecule has 0 unspecified atom stereocenters. The minimum Gasteiger partial charge on any atom is -0.456 e. The summed E-state index contributed by atoms with van der Waals surface area (Å²) in [6.45, 7) is 22.3. The van der Waals surface area contributed by atoms with E-state index < -0.39 is 0 Å². The third-order valence-corrected chi connectivity index (χ3v) is 14.1. The Morgan fingerprint density at radius 2 is 0.742 bits per heavy atom. The van der Waals surface area contributed by atoms with Gasteiger partial charge in [0, 0.05) is 44.3 Å². The average Bonchev–Trinajstić information content (AvgIpc) is 3.84. The van der Waals surface area contributed by atoms with Crippen molar-refractivity contribution in [2.45, 2.75) is 81.1 Å². The quantitative estimate of drug-likeness (QED) is 0.152. The predicted octanol–water partition coefficient (Wildman–Crippen LogP) is 18.8. The molecule has 0 aliphatic heterocycles. The smallest absolute Gasteiger partial charge is 0.136 e. The van der Waals surface area contributed by atoms with Gasteiger partial charge in [0.15, 0.2) is 0 Å². The molecule has 0 fully saturated rings. The summed E-state index contributed by atoms with van der Waals surface area (Å²) in [5.41, 5.74) is 20.6. The third kappa shape index (κ3) is 6.73. The van der Waals surface area contributed by atoms with Gasteiger partial charge in [-0.05, 0) is 192 Å². The Hall–Kier alpha value is -7.30. The van der Waals surface area contributed by atoms with E-state index in [9.17, 15) is 0 Å². The lowest BCUT2D eigenvalue weighted by molar-refractivity contribution is 0.663. The summed E-state index contributed by atoms with van der Waals surface area (Å²) in [5.74, 6) is 0.833. The molecule has 0 amide bonds. The van der Waals surface area contributed by atoms with E-state index in [2.05, 4.69) is 225 Å². The van der Waals surface area contributed by atoms with Gasteiger partial charge in [0.25, 0.3) is 0 Å². The van der Waals surface area contributed by atoms with Crippen LogP contribution in [0.3, 0.4) is 0 Å². The number of hydrogen-bond donors (Lipinski definition) is 0. The molecule has 0 aliphatic carbocycles. The maximum Gasteiger partial charge on any atom is 0.136 e. The molecule has 0 saturated carbocycles. The van der Waals surface area contributed by atoms with Gasteiger partial charge in [-0.2, -0.15) is 0 Å². The van der Waals surface area contributed by atoms with Gasteiger partial charge in [-0.15, -0.1) is 0 Å². The Labute approximate surface area is 387 Å². The molecule has 11 rings (SSSR count). The summed E-state index contributed by atoms with van der Waals surface area (Å²) in [4.78, 5) is 4.91. The van der Waals surface area contributed by atoms with E-state index in [0.29, 0.717) is 11.8 Å². The van der Waals surface area contributed by atoms with Crippen molar-refractivity contribution in [3.63, 3.8) is 0 Å². The first-order chi connectivity index (χ1) is 31.8. The Balaban J connectivity index is 1.06. The largest absolute Gasteiger partial charge is 0.456 e. The van der Waals surface area contributed by atoms with Gasteiger partial charge in [0.05, 0.1) is 11.4 Å². The highest BCUT2D eigenvalue weighted by atomic mass is 16.3. The number of fused-ring (bicyclic) bond motifs is 9. The molecule has 0 N–H and O–H groups in total. The fourth-order valence-electron chi connectivity index (χ4n) is 10.4. The number of nitrogens with zero attached hydrogens (tertiary/aromatic N) is 2. The fourth-order valence-corrected chi connectivity index (χ4v) is 10.4. The van der Waals surface area contributed by atoms with Gasteiger partial charge in [0.1, 0.15) is 22.3 Å². The lowest BCUT2D eigenvalue weighted by atomic mass is 9.97. The number of furan rings is 2. The molecular weight excluding hydrogens is 805 g/mol. The molecule has 0 atom stereocenters. The van der Waals surface area contributed by atoms with Gasteiger partial charge >= 0.3 is 0 Å². The number of anilines is 6. The Morgan fingerprint density at radius 1 is 0.348 bits per heavy atom. The zero-order valence-electron chi connectivity index (χ0n) is 39.7. The topological polar surface area (TPSA) is 32.8 Å². The van der Waals surface area contributed by atoms with Crippen molar-refractivity contribution >= 4 is 99.5 Å². The van der Waals surface area contributed by atoms with Crippen LogP contribution in [0.4, 0.5) is 34.1 Å². The SMILES string of the molecule is Cc1ccc(C(C)C)cc1N(c1ccc2cc3c(cc2c1)oc1ccc2oc4cc5cc(N(c6cc(C(C)C)ccc6C)c6c(C)cccc6C)ccc5cc4c2c13)c1c(C)cccc1C. The number of rotatable bonds is 8. The van der Waals surface area contributed by atoms with Crippen LogP contribution in [0.1, 0.15) is 84.0 Å². The number of aryl methyl sites for hydroxylation is 6. The molecule has 0 bridgehead atoms. The monoisotopic (exact) mass is 860 g/mol. The molecule has 66 heavy (non-hydrogen) atoms. The van der Waals surface area contributed by atoms with E-state index in [0.717, 1.165) is 76.8 Å². The van der Waals surface area contributed by atoms with E-state index >= 15 is 0 Å². The second kappa shape index (κ2) is 15.7. The second-order valence-electron chi connectivity index (χ2n) is 19.3. The van der Waals surface area contributed by atoms with Crippen molar-refractivity contribution in [3.05, 3.63) is 190 Å². The first-order valence-corrected chi connectivity index (χ1v) is 23.5. The number of hydrogen-bond acceptors (Lipinski definition) is 4. The molecule has 2 heterocycles. The molecule has 11 aromatic rings. The highest BCUT2D eigenvalue weighted by molar-refractivity contribution is 6.28. The predicted molar refractivity (Wildman–Crippen MR) is 282 cm³/mol. The summed E-state index contributed by atoms with van der Waals surface area (Å²) in [7, 11) is 0. The third-order valence-electron chi connectivity index (χ3n) is 14.1. The van der Waals surface area contributed by atoms with E-state index in [-0.39, 0.29) is 0 Å². The Bertz CT molecular complexity index is 3460. The Kier molecular flexibility index (Phi) is 9.85. The van der Waals surface area contributed by atoms with Crippen LogP contribution in [0.5, 0.6) is 0 Å². The summed E-state index contributed by atoms with van der Waals surface area (Å²) >= 11 is 0. The van der Waals surface area contributed by atoms with Gasteiger partial charge in [0.2, 0.25) is 0 Å². The standard InChI is InChI=1S/C62H56N2O2/c1-35(2)43-19-17-37(5)53(31-43)63(61-39(7)13-11-14-40(61)8)49-23-21-45-29-51-57(33-47(45)27-49)65-55-25-26-56-60(59(51)55)52-30-46-22-24-50(28-48(46)34-58(52)66-56)64(62-41(9)15-12-16-42(62)10)54-32-44(36(3)4)20-18-38(54)6/h11-36H,1-10H3. The number of benzene rings is 9. The molecule has 9 aromatic carbocycles. The van der Waals surface area contributed by atoms with Gasteiger partial charge < -0.3 is 18.6 Å². The lowest BCUT2D eigenvalue weighted by Crippen LogP contribution is -2.14. The maximum absolute atomic E-state index is 6.76. The maximum atomic E-state index is 6.76. The zero-order valence-corrected chi connectivity index (χ0v) is 39.7. The lowest BCUT2D eigenvalue weighted by Gasteiger charge is -2.31. The summed E-state index contributed by atoms with van der Waals surface area (Å²) < 4.78 is 13.5. The van der Waals surface area contributed by atoms with Crippen LogP contribution in [0, 0.1) is 41.5 Å². The van der Waals surface area contributed by atoms with Crippen molar-refractivity contribution in [3.8, 4) is 0 Å². The Morgan fingerprint density at radius 3 is 1.12 bits per heavy atom. The zero-order chi connectivity index (χ0) is 45.7. The van der Waals surface area contributed by atoms with Gasteiger partial charge in [-0.25, -0.2) is 0 Å². The van der Waals surface area contributed by atoms with E-state index in [4.69, 9.17) is 8.83 Å². The van der Waals surface area contributed by atoms with E-state index in [1.807, 2.05) is 0 Å². The highest BCUT2D eigenvalue weighted by Crippen LogP contribution is 2.47. The molecule has 326 valence electrons. The van der Waals surface area contributed by atoms with Crippen LogP contribution in [-0.2, 0) is 0 Å². The van der Waals surface area contributed by atoms with E-state index in [1.54, 1.807) is 0 Å². The van der Waals surface area contributed by atoms with Crippen LogP contribution in [0.25, 0.3) is 65.4 Å². The highest BCUT2D eigenvalue weighted by Gasteiger charge is 2.24. The average molecular weight is 861 g/mol. The van der Waals surface area contributed by atoms with Crippen LogP contribution < -0.4 is 9.80 Å². The van der Waals surface area contributed by atoms with Crippen LogP contribution >= 0.6 is 0 Å². The summed E-state index contributed by atoms with van der Waals surface area (Å²) in [6.07, 6.45) is 0. The van der Waals surface area contributed by atoms with Crippen LogP contribution in [0.2, 0.25) is 0 Å². The van der Waals surface area contributed by atoms with Crippen molar-refractivity contribution < 1.29 is 8.83 Å². The van der Waals surface area contributed by atoms with Crippen molar-refractivity contribution in [2.75, 3.05) is 9.80 Å². The molecule has 0 saturated heterocycles. The molecule has 4 heteroatoms. The van der Waals surface area contributed by atoms with Crippen LogP contribution in [-0.4, -0.2) is 0 Å². The minimum absolute atomic E-state index is 0.417. The minimum atomic E-state index is 0.417. The van der Waals surface area contributed by atoms with Crippen molar-refractivity contribution in [2.24, 2.45) is 0 Å².